The molecule has 1 heterocycles. The Morgan fingerprint density at radius 1 is 1.38 bits per heavy atom. The van der Waals surface area contributed by atoms with Crippen LogP contribution in [0.2, 0.25) is 0 Å². The van der Waals surface area contributed by atoms with Crippen molar-refractivity contribution < 1.29 is 14.7 Å². The van der Waals surface area contributed by atoms with Gasteiger partial charge in [-0.25, -0.2) is 0 Å². The van der Waals surface area contributed by atoms with Crippen molar-refractivity contribution in [2.24, 2.45) is 5.92 Å². The van der Waals surface area contributed by atoms with E-state index >= 15 is 0 Å². The molecule has 0 aliphatic carbocycles. The molecule has 16 heavy (non-hydrogen) atoms. The Morgan fingerprint density at radius 3 is 2.38 bits per heavy atom. The summed E-state index contributed by atoms with van der Waals surface area (Å²) >= 11 is 0. The van der Waals surface area contributed by atoms with Crippen molar-refractivity contribution in [3.63, 3.8) is 0 Å². The molecule has 92 valence electrons. The van der Waals surface area contributed by atoms with Crippen LogP contribution < -0.4 is 0 Å². The third-order valence-electron chi connectivity index (χ3n) is 3.14. The lowest BCUT2D eigenvalue weighted by molar-refractivity contribution is -0.139. The molecule has 0 saturated carbocycles. The molecule has 1 aliphatic heterocycles. The molecule has 1 aliphatic rings. The van der Waals surface area contributed by atoms with Crippen LogP contribution in [0.1, 0.15) is 19.8 Å². The molecule has 0 radical (unpaired) electrons. The fourth-order valence-electron chi connectivity index (χ4n) is 1.78. The number of amides is 2. The Balaban J connectivity index is 2.36. The number of piperidine rings is 1. The largest absolute Gasteiger partial charge is 0.396 e. The van der Waals surface area contributed by atoms with Crippen LogP contribution in [-0.2, 0) is 9.59 Å². The van der Waals surface area contributed by atoms with Gasteiger partial charge in [0.05, 0.1) is 6.54 Å². The lowest BCUT2D eigenvalue weighted by Crippen LogP contribution is -2.44. The van der Waals surface area contributed by atoms with Crippen molar-refractivity contribution in [3.8, 4) is 0 Å². The molecule has 1 fully saturated rings. The number of aliphatic hydroxyl groups is 1. The molecule has 5 nitrogen and oxygen atoms in total. The lowest BCUT2D eigenvalue weighted by Gasteiger charge is -2.32. The van der Waals surface area contributed by atoms with Crippen molar-refractivity contribution in [1.29, 1.82) is 0 Å². The van der Waals surface area contributed by atoms with E-state index in [4.69, 9.17) is 5.11 Å². The maximum absolute atomic E-state index is 11.8. The minimum atomic E-state index is -0.0985. The third-order valence-corrected chi connectivity index (χ3v) is 3.14. The van der Waals surface area contributed by atoms with Gasteiger partial charge in [0.1, 0.15) is 0 Å². The molecule has 0 bridgehead atoms. The lowest BCUT2D eigenvalue weighted by atomic mass is 9.98. The van der Waals surface area contributed by atoms with Crippen LogP contribution in [0.4, 0.5) is 0 Å². The van der Waals surface area contributed by atoms with E-state index in [-0.39, 0.29) is 25.0 Å². The highest BCUT2D eigenvalue weighted by Crippen LogP contribution is 2.16. The molecule has 0 aromatic heterocycles. The summed E-state index contributed by atoms with van der Waals surface area (Å²) in [7, 11) is 1.63. The van der Waals surface area contributed by atoms with Gasteiger partial charge in [0.25, 0.3) is 0 Å². The van der Waals surface area contributed by atoms with Gasteiger partial charge >= 0.3 is 0 Å². The summed E-state index contributed by atoms with van der Waals surface area (Å²) in [6.45, 7) is 3.19. The van der Waals surface area contributed by atoms with Crippen LogP contribution in [0.5, 0.6) is 0 Å². The molecule has 2 amide bonds. The number of aliphatic hydroxyl groups excluding tert-OH is 1. The summed E-state index contributed by atoms with van der Waals surface area (Å²) in [5, 5.41) is 8.98. The zero-order valence-corrected chi connectivity index (χ0v) is 9.98. The fourth-order valence-corrected chi connectivity index (χ4v) is 1.78. The van der Waals surface area contributed by atoms with E-state index in [2.05, 4.69) is 0 Å². The third kappa shape index (κ3) is 3.48. The first-order chi connectivity index (χ1) is 7.54. The zero-order chi connectivity index (χ0) is 12.1. The van der Waals surface area contributed by atoms with Gasteiger partial charge in [0.15, 0.2) is 0 Å². The van der Waals surface area contributed by atoms with Crippen LogP contribution >= 0.6 is 0 Å². The van der Waals surface area contributed by atoms with Crippen LogP contribution in [0.3, 0.4) is 0 Å². The zero-order valence-electron chi connectivity index (χ0n) is 9.98. The number of carbonyl (C=O) groups is 2. The smallest absolute Gasteiger partial charge is 0.242 e. The van der Waals surface area contributed by atoms with E-state index in [0.717, 1.165) is 12.8 Å². The molecule has 1 rings (SSSR count). The van der Waals surface area contributed by atoms with Crippen molar-refractivity contribution in [2.75, 3.05) is 33.3 Å². The Kier molecular flexibility index (Phi) is 4.73. The van der Waals surface area contributed by atoms with E-state index in [1.807, 2.05) is 0 Å². The highest BCUT2D eigenvalue weighted by atomic mass is 16.3. The van der Waals surface area contributed by atoms with Gasteiger partial charge in [-0.1, -0.05) is 0 Å². The van der Waals surface area contributed by atoms with Crippen molar-refractivity contribution in [1.82, 2.24) is 9.80 Å². The number of rotatable bonds is 3. The first-order valence-electron chi connectivity index (χ1n) is 5.65. The second kappa shape index (κ2) is 5.84. The van der Waals surface area contributed by atoms with Crippen LogP contribution in [0, 0.1) is 5.92 Å². The van der Waals surface area contributed by atoms with Crippen molar-refractivity contribution >= 4 is 11.8 Å². The Labute approximate surface area is 96.0 Å². The van der Waals surface area contributed by atoms with Gasteiger partial charge in [-0.05, 0) is 18.8 Å². The molecule has 0 atom stereocenters. The van der Waals surface area contributed by atoms with Gasteiger partial charge in [-0.2, -0.15) is 0 Å². The first kappa shape index (κ1) is 13.0. The Bertz CT molecular complexity index is 260. The summed E-state index contributed by atoms with van der Waals surface area (Å²) in [6.07, 6.45) is 1.71. The molecular formula is C11H20N2O3. The molecule has 1 saturated heterocycles. The summed E-state index contributed by atoms with van der Waals surface area (Å²) in [6, 6.07) is 0. The van der Waals surface area contributed by atoms with E-state index in [1.165, 1.54) is 11.8 Å². The monoisotopic (exact) mass is 228 g/mol. The second-order valence-electron chi connectivity index (χ2n) is 4.38. The topological polar surface area (TPSA) is 60.9 Å². The maximum Gasteiger partial charge on any atom is 0.242 e. The average Bonchev–Trinajstić information content (AvgIpc) is 2.28. The SMILES string of the molecule is CC(=O)N(C)CC(=O)N1CCC(CO)CC1. The fraction of sp³-hybridized carbons (Fsp3) is 0.818. The van der Waals surface area contributed by atoms with E-state index in [9.17, 15) is 9.59 Å². The standard InChI is InChI=1S/C11H20N2O3/c1-9(15)12(2)7-11(16)13-5-3-10(8-14)4-6-13/h10,14H,3-8H2,1-2H3. The number of hydrogen-bond donors (Lipinski definition) is 1. The molecule has 1 N–H and O–H groups in total. The van der Waals surface area contributed by atoms with E-state index in [0.29, 0.717) is 19.0 Å². The molecule has 0 unspecified atom stereocenters. The number of nitrogens with zero attached hydrogens (tertiary/aromatic N) is 2. The first-order valence-corrected chi connectivity index (χ1v) is 5.65. The number of hydrogen-bond acceptors (Lipinski definition) is 3. The quantitative estimate of drug-likeness (QED) is 0.721. The second-order valence-corrected chi connectivity index (χ2v) is 4.38. The summed E-state index contributed by atoms with van der Waals surface area (Å²) in [5.41, 5.74) is 0. The van der Waals surface area contributed by atoms with Gasteiger partial charge in [-0.3, -0.25) is 9.59 Å². The molecule has 5 heteroatoms. The molecular weight excluding hydrogens is 208 g/mol. The van der Waals surface area contributed by atoms with Gasteiger partial charge in [0, 0.05) is 33.7 Å². The highest BCUT2D eigenvalue weighted by molar-refractivity contribution is 5.83. The van der Waals surface area contributed by atoms with E-state index < -0.39 is 0 Å². The van der Waals surface area contributed by atoms with Crippen molar-refractivity contribution in [3.05, 3.63) is 0 Å². The Hall–Kier alpha value is -1.10. The minimum absolute atomic E-state index is 0.00547. The van der Waals surface area contributed by atoms with Crippen LogP contribution in [0.15, 0.2) is 0 Å². The van der Waals surface area contributed by atoms with E-state index in [1.54, 1.807) is 11.9 Å². The summed E-state index contributed by atoms with van der Waals surface area (Å²) < 4.78 is 0. The maximum atomic E-state index is 11.8. The van der Waals surface area contributed by atoms with Gasteiger partial charge < -0.3 is 14.9 Å². The normalized spacial score (nSPS) is 17.3. The van der Waals surface area contributed by atoms with Crippen molar-refractivity contribution in [2.45, 2.75) is 19.8 Å². The summed E-state index contributed by atoms with van der Waals surface area (Å²) in [4.78, 5) is 25.9. The van der Waals surface area contributed by atoms with Gasteiger partial charge in [0.2, 0.25) is 11.8 Å². The molecule has 0 aromatic carbocycles. The van der Waals surface area contributed by atoms with Gasteiger partial charge in [-0.15, -0.1) is 0 Å². The minimum Gasteiger partial charge on any atom is -0.396 e. The highest BCUT2D eigenvalue weighted by Gasteiger charge is 2.23. The Morgan fingerprint density at radius 2 is 1.94 bits per heavy atom. The molecule has 0 spiro atoms. The summed E-state index contributed by atoms with van der Waals surface area (Å²) in [5.74, 6) is 0.224. The number of carbonyl (C=O) groups excluding carboxylic acids is 2. The average molecular weight is 228 g/mol. The van der Waals surface area contributed by atoms with Crippen LogP contribution in [0.25, 0.3) is 0 Å². The number of likely N-dealkylation sites (tertiary alicyclic amines) is 1. The molecule has 0 aromatic rings. The number of likely N-dealkylation sites (N-methyl/N-ethyl adjacent to an activating group) is 1. The predicted molar refractivity (Wildman–Crippen MR) is 59.7 cm³/mol. The predicted octanol–water partition coefficient (Wildman–Crippen LogP) is -0.304. The van der Waals surface area contributed by atoms with Crippen LogP contribution in [-0.4, -0.2) is 60.0 Å².